The van der Waals surface area contributed by atoms with Crippen molar-refractivity contribution in [2.24, 2.45) is 0 Å². The highest BCUT2D eigenvalue weighted by Crippen LogP contribution is 2.46. The monoisotopic (exact) mass is 308 g/mol. The van der Waals surface area contributed by atoms with Crippen molar-refractivity contribution < 1.29 is 4.74 Å². The molecule has 0 N–H and O–H groups in total. The third kappa shape index (κ3) is 2.41. The summed E-state index contributed by atoms with van der Waals surface area (Å²) in [6.07, 6.45) is 4.65. The van der Waals surface area contributed by atoms with Gasteiger partial charge >= 0.3 is 0 Å². The van der Waals surface area contributed by atoms with E-state index in [1.807, 2.05) is 18.6 Å². The van der Waals surface area contributed by atoms with Gasteiger partial charge in [0.2, 0.25) is 0 Å². The van der Waals surface area contributed by atoms with Gasteiger partial charge in [-0.05, 0) is 37.1 Å². The van der Waals surface area contributed by atoms with Crippen LogP contribution in [0.5, 0.6) is 0 Å². The van der Waals surface area contributed by atoms with Gasteiger partial charge in [-0.1, -0.05) is 27.5 Å². The summed E-state index contributed by atoms with van der Waals surface area (Å²) in [7, 11) is 1.81. The predicted octanol–water partition coefficient (Wildman–Crippen LogP) is 4.80. The summed E-state index contributed by atoms with van der Waals surface area (Å²) in [5, 5.41) is 2.90. The lowest BCUT2D eigenvalue weighted by molar-refractivity contribution is -0.0772. The van der Waals surface area contributed by atoms with E-state index in [0.29, 0.717) is 4.83 Å². The highest BCUT2D eigenvalue weighted by molar-refractivity contribution is 9.09. The van der Waals surface area contributed by atoms with E-state index in [4.69, 9.17) is 16.3 Å². The summed E-state index contributed by atoms with van der Waals surface area (Å²) in [5.41, 5.74) is 0.0987. The fraction of sp³-hybridized carbons (Fsp3) is 0.636. The molecule has 1 aliphatic carbocycles. The maximum absolute atomic E-state index is 6.11. The lowest BCUT2D eigenvalue weighted by atomic mass is 9.76. The van der Waals surface area contributed by atoms with Gasteiger partial charge in [-0.3, -0.25) is 0 Å². The topological polar surface area (TPSA) is 9.23 Å². The smallest absolute Gasteiger partial charge is 0.0693 e. The summed E-state index contributed by atoms with van der Waals surface area (Å²) < 4.78 is 5.61. The third-order valence-electron chi connectivity index (χ3n) is 3.18. The first-order valence-electron chi connectivity index (χ1n) is 5.09. The molecule has 1 unspecified atom stereocenters. The largest absolute Gasteiger partial charge is 0.378 e. The zero-order valence-electron chi connectivity index (χ0n) is 8.63. The summed E-state index contributed by atoms with van der Waals surface area (Å²) in [6, 6.07) is 1.95. The molecule has 0 radical (unpaired) electrons. The Kier molecular flexibility index (Phi) is 3.76. The van der Waals surface area contributed by atoms with Crippen LogP contribution >= 0.6 is 38.9 Å². The second kappa shape index (κ2) is 4.74. The fourth-order valence-electron chi connectivity index (χ4n) is 2.01. The zero-order chi connectivity index (χ0) is 10.9. The average molecular weight is 310 g/mol. The molecule has 1 saturated carbocycles. The molecular formula is C11H14BrClOS. The second-order valence-corrected chi connectivity index (χ2v) is 6.51. The Bertz CT molecular complexity index is 330. The number of hydrogen-bond acceptors (Lipinski definition) is 2. The number of rotatable bonds is 4. The molecule has 0 bridgehead atoms. The van der Waals surface area contributed by atoms with Crippen molar-refractivity contribution in [3.8, 4) is 0 Å². The van der Waals surface area contributed by atoms with Crippen molar-refractivity contribution in [1.82, 2.24) is 0 Å². The average Bonchev–Trinajstić information content (AvgIpc) is 2.58. The normalized spacial score (nSPS) is 21.0. The zero-order valence-corrected chi connectivity index (χ0v) is 11.8. The molecule has 1 aliphatic rings. The molecule has 1 aromatic heterocycles. The van der Waals surface area contributed by atoms with Gasteiger partial charge in [0.1, 0.15) is 0 Å². The van der Waals surface area contributed by atoms with Crippen molar-refractivity contribution in [3.05, 3.63) is 21.3 Å². The van der Waals surface area contributed by atoms with Crippen molar-refractivity contribution in [2.75, 3.05) is 7.11 Å². The second-order valence-electron chi connectivity index (χ2n) is 4.05. The number of methoxy groups -OCH3 is 1. The first kappa shape index (κ1) is 11.9. The molecule has 15 heavy (non-hydrogen) atoms. The van der Waals surface area contributed by atoms with Gasteiger partial charge in [0.15, 0.2) is 0 Å². The minimum Gasteiger partial charge on any atom is -0.378 e. The highest BCUT2D eigenvalue weighted by Gasteiger charge is 2.39. The van der Waals surface area contributed by atoms with Gasteiger partial charge in [0.25, 0.3) is 0 Å². The van der Waals surface area contributed by atoms with E-state index in [1.165, 1.54) is 24.1 Å². The van der Waals surface area contributed by atoms with E-state index in [2.05, 4.69) is 15.9 Å². The van der Waals surface area contributed by atoms with Gasteiger partial charge < -0.3 is 4.74 Å². The van der Waals surface area contributed by atoms with Crippen LogP contribution < -0.4 is 0 Å². The number of thiophene rings is 1. The van der Waals surface area contributed by atoms with Crippen molar-refractivity contribution >= 4 is 38.9 Å². The van der Waals surface area contributed by atoms with E-state index in [9.17, 15) is 0 Å². The Morgan fingerprint density at radius 2 is 2.40 bits per heavy atom. The first-order chi connectivity index (χ1) is 7.17. The maximum Gasteiger partial charge on any atom is 0.0693 e. The standard InChI is InChI=1S/C11H14BrClOS/c1-14-11(4-2-5-11)7-8(12)10-9(13)3-6-15-10/h3,6,8H,2,4-5,7H2,1H3. The van der Waals surface area contributed by atoms with Crippen LogP contribution in [0.15, 0.2) is 11.4 Å². The summed E-state index contributed by atoms with van der Waals surface area (Å²) in [6.45, 7) is 0. The molecular weight excluding hydrogens is 296 g/mol. The molecule has 1 atom stereocenters. The van der Waals surface area contributed by atoms with Crippen molar-refractivity contribution in [1.29, 1.82) is 0 Å². The molecule has 0 saturated heterocycles. The molecule has 0 spiro atoms. The van der Waals surface area contributed by atoms with E-state index < -0.39 is 0 Å². The number of alkyl halides is 1. The molecule has 1 heterocycles. The van der Waals surface area contributed by atoms with E-state index in [0.717, 1.165) is 11.4 Å². The number of ether oxygens (including phenoxy) is 1. The van der Waals surface area contributed by atoms with Crippen LogP contribution in [0, 0.1) is 0 Å². The highest BCUT2D eigenvalue weighted by atomic mass is 79.9. The molecule has 1 fully saturated rings. The number of halogens is 2. The molecule has 0 aliphatic heterocycles. The molecule has 4 heteroatoms. The molecule has 1 nitrogen and oxygen atoms in total. The van der Waals surface area contributed by atoms with Crippen LogP contribution in [0.1, 0.15) is 35.4 Å². The van der Waals surface area contributed by atoms with E-state index >= 15 is 0 Å². The molecule has 2 rings (SSSR count). The maximum atomic E-state index is 6.11. The first-order valence-corrected chi connectivity index (χ1v) is 7.26. The van der Waals surface area contributed by atoms with E-state index in [1.54, 1.807) is 11.3 Å². The Morgan fingerprint density at radius 1 is 1.67 bits per heavy atom. The van der Waals surface area contributed by atoms with Crippen LogP contribution in [-0.2, 0) is 4.74 Å². The fourth-order valence-corrected chi connectivity index (χ4v) is 4.47. The Labute approximate surface area is 108 Å². The van der Waals surface area contributed by atoms with Gasteiger partial charge in [-0.25, -0.2) is 0 Å². The van der Waals surface area contributed by atoms with Crippen molar-refractivity contribution in [2.45, 2.75) is 36.1 Å². The quantitative estimate of drug-likeness (QED) is 0.726. The summed E-state index contributed by atoms with van der Waals surface area (Å²) in [4.78, 5) is 1.55. The van der Waals surface area contributed by atoms with Crippen LogP contribution in [0.3, 0.4) is 0 Å². The SMILES string of the molecule is COC1(CC(Br)c2sccc2Cl)CCC1. The Hall–Kier alpha value is 0.430. The van der Waals surface area contributed by atoms with Crippen LogP contribution in [0.2, 0.25) is 5.02 Å². The molecule has 0 amide bonds. The van der Waals surface area contributed by atoms with Gasteiger partial charge in [-0.2, -0.15) is 0 Å². The Morgan fingerprint density at radius 3 is 2.80 bits per heavy atom. The minimum absolute atomic E-state index is 0.0987. The summed E-state index contributed by atoms with van der Waals surface area (Å²) >= 11 is 11.5. The van der Waals surface area contributed by atoms with Crippen LogP contribution in [0.4, 0.5) is 0 Å². The van der Waals surface area contributed by atoms with Crippen LogP contribution in [0.25, 0.3) is 0 Å². The molecule has 0 aromatic carbocycles. The summed E-state index contributed by atoms with van der Waals surface area (Å²) in [5.74, 6) is 0. The van der Waals surface area contributed by atoms with E-state index in [-0.39, 0.29) is 5.60 Å². The molecule has 84 valence electrons. The van der Waals surface area contributed by atoms with Crippen molar-refractivity contribution in [3.63, 3.8) is 0 Å². The number of hydrogen-bond donors (Lipinski definition) is 0. The lowest BCUT2D eigenvalue weighted by Gasteiger charge is -2.41. The van der Waals surface area contributed by atoms with Gasteiger partial charge in [0.05, 0.1) is 15.5 Å². The minimum atomic E-state index is 0.0987. The lowest BCUT2D eigenvalue weighted by Crippen LogP contribution is -2.39. The van der Waals surface area contributed by atoms with Crippen LogP contribution in [-0.4, -0.2) is 12.7 Å². The Balaban J connectivity index is 2.03. The predicted molar refractivity (Wildman–Crippen MR) is 69.2 cm³/mol. The van der Waals surface area contributed by atoms with Gasteiger partial charge in [0, 0.05) is 12.0 Å². The third-order valence-corrected chi connectivity index (χ3v) is 5.74. The molecule has 1 aromatic rings. The van der Waals surface area contributed by atoms with Gasteiger partial charge in [-0.15, -0.1) is 11.3 Å².